The van der Waals surface area contributed by atoms with Crippen LogP contribution in [-0.4, -0.2) is 42.7 Å². The van der Waals surface area contributed by atoms with Gasteiger partial charge in [0.15, 0.2) is 0 Å². The van der Waals surface area contributed by atoms with Crippen LogP contribution in [0.25, 0.3) is 0 Å². The molecule has 0 spiro atoms. The number of hydrogen-bond acceptors (Lipinski definition) is 4. The first-order valence-corrected chi connectivity index (χ1v) is 6.24. The highest BCUT2D eigenvalue weighted by atomic mass is 16.5. The maximum absolute atomic E-state index is 5.65. The maximum Gasteiger partial charge on any atom is 0.125 e. The van der Waals surface area contributed by atoms with Gasteiger partial charge in [0.05, 0.1) is 6.10 Å². The van der Waals surface area contributed by atoms with Crippen molar-refractivity contribution < 1.29 is 4.74 Å². The molecule has 2 heterocycles. The van der Waals surface area contributed by atoms with Crippen LogP contribution >= 0.6 is 0 Å². The van der Waals surface area contributed by atoms with Crippen molar-refractivity contribution in [1.29, 1.82) is 0 Å². The van der Waals surface area contributed by atoms with Gasteiger partial charge in [-0.3, -0.25) is 4.90 Å². The third-order valence-electron chi connectivity index (χ3n) is 3.02. The third-order valence-corrected chi connectivity index (χ3v) is 3.02. The van der Waals surface area contributed by atoms with E-state index in [4.69, 9.17) is 4.74 Å². The Morgan fingerprint density at radius 2 is 2.47 bits per heavy atom. The smallest absolute Gasteiger partial charge is 0.125 e. The summed E-state index contributed by atoms with van der Waals surface area (Å²) in [7, 11) is 1.90. The van der Waals surface area contributed by atoms with E-state index < -0.39 is 0 Å². The molecule has 0 aromatic carbocycles. The fraction of sp³-hybridized carbons (Fsp3) is 0.615. The van der Waals surface area contributed by atoms with Crippen molar-refractivity contribution in [3.05, 3.63) is 23.9 Å². The Kier molecular flexibility index (Phi) is 4.34. The zero-order chi connectivity index (χ0) is 12.1. The summed E-state index contributed by atoms with van der Waals surface area (Å²) >= 11 is 0. The standard InChI is InChI=1S/C13H21N3O/c1-11-9-16(6-3-7-17-11)10-12-4-5-15-13(8-12)14-2/h4-5,8,11H,3,6-7,9-10H2,1-2H3,(H,14,15). The predicted octanol–water partition coefficient (Wildman–Crippen LogP) is 1.73. The van der Waals surface area contributed by atoms with Gasteiger partial charge in [0.25, 0.3) is 0 Å². The van der Waals surface area contributed by atoms with Crippen LogP contribution in [0, 0.1) is 0 Å². The summed E-state index contributed by atoms with van der Waals surface area (Å²) in [6.45, 7) is 6.13. The second-order valence-corrected chi connectivity index (χ2v) is 4.57. The Morgan fingerprint density at radius 3 is 3.29 bits per heavy atom. The topological polar surface area (TPSA) is 37.4 Å². The second kappa shape index (κ2) is 5.98. The Hall–Kier alpha value is -1.13. The lowest BCUT2D eigenvalue weighted by Crippen LogP contribution is -2.29. The minimum absolute atomic E-state index is 0.336. The van der Waals surface area contributed by atoms with Crippen LogP contribution in [0.3, 0.4) is 0 Å². The van der Waals surface area contributed by atoms with E-state index in [-0.39, 0.29) is 0 Å². The molecule has 1 atom stereocenters. The molecule has 0 amide bonds. The summed E-state index contributed by atoms with van der Waals surface area (Å²) in [5.74, 6) is 0.932. The summed E-state index contributed by atoms with van der Waals surface area (Å²) < 4.78 is 5.65. The highest BCUT2D eigenvalue weighted by Crippen LogP contribution is 2.12. The zero-order valence-electron chi connectivity index (χ0n) is 10.6. The van der Waals surface area contributed by atoms with Crippen molar-refractivity contribution in [3.63, 3.8) is 0 Å². The predicted molar refractivity (Wildman–Crippen MR) is 69.1 cm³/mol. The number of nitrogens with zero attached hydrogens (tertiary/aromatic N) is 2. The van der Waals surface area contributed by atoms with Crippen molar-refractivity contribution in [2.45, 2.75) is 26.0 Å². The highest BCUT2D eigenvalue weighted by molar-refractivity contribution is 5.36. The first-order chi connectivity index (χ1) is 8.28. The van der Waals surface area contributed by atoms with Crippen LogP contribution in [-0.2, 0) is 11.3 Å². The van der Waals surface area contributed by atoms with E-state index in [1.807, 2.05) is 13.2 Å². The van der Waals surface area contributed by atoms with Crippen LogP contribution in [0.4, 0.5) is 5.82 Å². The van der Waals surface area contributed by atoms with Gasteiger partial charge in [-0.05, 0) is 31.0 Å². The van der Waals surface area contributed by atoms with Gasteiger partial charge in [-0.15, -0.1) is 0 Å². The first-order valence-electron chi connectivity index (χ1n) is 6.24. The molecule has 0 radical (unpaired) electrons. The van der Waals surface area contributed by atoms with Crippen LogP contribution in [0.15, 0.2) is 18.3 Å². The van der Waals surface area contributed by atoms with E-state index in [2.05, 4.69) is 34.3 Å². The molecule has 1 saturated heterocycles. The van der Waals surface area contributed by atoms with Gasteiger partial charge in [-0.2, -0.15) is 0 Å². The van der Waals surface area contributed by atoms with Gasteiger partial charge in [0, 0.05) is 39.5 Å². The van der Waals surface area contributed by atoms with E-state index in [1.54, 1.807) is 0 Å². The summed E-state index contributed by atoms with van der Waals surface area (Å²) in [6.07, 6.45) is 3.32. The van der Waals surface area contributed by atoms with Crippen molar-refractivity contribution in [2.24, 2.45) is 0 Å². The molecular weight excluding hydrogens is 214 g/mol. The van der Waals surface area contributed by atoms with Crippen LogP contribution in [0.2, 0.25) is 0 Å². The molecule has 4 nitrogen and oxygen atoms in total. The molecule has 1 N–H and O–H groups in total. The summed E-state index contributed by atoms with van der Waals surface area (Å²) in [4.78, 5) is 6.68. The first kappa shape index (κ1) is 12.3. The molecule has 1 aromatic rings. The molecule has 0 aliphatic carbocycles. The van der Waals surface area contributed by atoms with Crippen molar-refractivity contribution in [3.8, 4) is 0 Å². The van der Waals surface area contributed by atoms with Crippen LogP contribution in [0.5, 0.6) is 0 Å². The molecule has 1 aromatic heterocycles. The van der Waals surface area contributed by atoms with E-state index in [1.165, 1.54) is 5.56 Å². The number of aromatic nitrogens is 1. The zero-order valence-corrected chi connectivity index (χ0v) is 10.6. The number of hydrogen-bond donors (Lipinski definition) is 1. The van der Waals surface area contributed by atoms with Crippen molar-refractivity contribution >= 4 is 5.82 Å². The summed E-state index contributed by atoms with van der Waals surface area (Å²) in [5.41, 5.74) is 1.30. The van der Waals surface area contributed by atoms with Gasteiger partial charge in [0.2, 0.25) is 0 Å². The number of rotatable bonds is 3. The fourth-order valence-corrected chi connectivity index (χ4v) is 2.19. The quantitative estimate of drug-likeness (QED) is 0.866. The van der Waals surface area contributed by atoms with Gasteiger partial charge in [-0.1, -0.05) is 0 Å². The normalized spacial score (nSPS) is 22.1. The molecule has 0 saturated carbocycles. The van der Waals surface area contributed by atoms with Gasteiger partial charge in [-0.25, -0.2) is 4.98 Å². The molecule has 1 unspecified atom stereocenters. The van der Waals surface area contributed by atoms with E-state index in [0.717, 1.165) is 38.5 Å². The highest BCUT2D eigenvalue weighted by Gasteiger charge is 2.15. The lowest BCUT2D eigenvalue weighted by atomic mass is 10.2. The number of pyridine rings is 1. The molecule has 2 rings (SSSR count). The van der Waals surface area contributed by atoms with Gasteiger partial charge >= 0.3 is 0 Å². The average Bonchev–Trinajstić information content (AvgIpc) is 2.54. The molecule has 1 fully saturated rings. The molecule has 0 bridgehead atoms. The van der Waals surface area contributed by atoms with Crippen LogP contribution in [0.1, 0.15) is 18.9 Å². The molecule has 17 heavy (non-hydrogen) atoms. The fourth-order valence-electron chi connectivity index (χ4n) is 2.19. The van der Waals surface area contributed by atoms with Crippen molar-refractivity contribution in [1.82, 2.24) is 9.88 Å². The minimum atomic E-state index is 0.336. The third kappa shape index (κ3) is 3.68. The number of nitrogens with one attached hydrogen (secondary N) is 1. The summed E-state index contributed by atoms with van der Waals surface area (Å²) in [5, 5.41) is 3.07. The van der Waals surface area contributed by atoms with Gasteiger partial charge in [0.1, 0.15) is 5.82 Å². The van der Waals surface area contributed by atoms with E-state index in [0.29, 0.717) is 6.10 Å². The SMILES string of the molecule is CNc1cc(CN2CCCOC(C)C2)ccn1. The average molecular weight is 235 g/mol. The van der Waals surface area contributed by atoms with E-state index in [9.17, 15) is 0 Å². The Morgan fingerprint density at radius 1 is 1.59 bits per heavy atom. The van der Waals surface area contributed by atoms with Gasteiger partial charge < -0.3 is 10.1 Å². The van der Waals surface area contributed by atoms with Crippen LogP contribution < -0.4 is 5.32 Å². The summed E-state index contributed by atoms with van der Waals surface area (Å²) in [6, 6.07) is 4.19. The lowest BCUT2D eigenvalue weighted by Gasteiger charge is -2.21. The lowest BCUT2D eigenvalue weighted by molar-refractivity contribution is 0.0668. The Bertz CT molecular complexity index is 356. The molecule has 1 aliphatic rings. The largest absolute Gasteiger partial charge is 0.377 e. The molecule has 94 valence electrons. The Labute approximate surface area is 103 Å². The number of anilines is 1. The minimum Gasteiger partial charge on any atom is -0.377 e. The molecule has 4 heteroatoms. The second-order valence-electron chi connectivity index (χ2n) is 4.57. The molecule has 1 aliphatic heterocycles. The maximum atomic E-state index is 5.65. The molecular formula is C13H21N3O. The van der Waals surface area contributed by atoms with Crippen molar-refractivity contribution in [2.75, 3.05) is 32.1 Å². The van der Waals surface area contributed by atoms with E-state index >= 15 is 0 Å². The number of ether oxygens (including phenoxy) is 1. The monoisotopic (exact) mass is 235 g/mol. The Balaban J connectivity index is 1.98.